The van der Waals surface area contributed by atoms with Crippen LogP contribution in [0.15, 0.2) is 0 Å². The summed E-state index contributed by atoms with van der Waals surface area (Å²) in [6, 6.07) is -1.99. The van der Waals surface area contributed by atoms with Gasteiger partial charge in [-0.3, -0.25) is 19.2 Å². The van der Waals surface area contributed by atoms with Gasteiger partial charge < -0.3 is 20.0 Å². The SMILES string of the molecule is CC(=O)[C@H](C)N1CCN(C(=O)[C@H](CC(C)C)N2CCN[C@@H](CC(C)C)C2=O)[C@@H](C)C1=O. The van der Waals surface area contributed by atoms with Crippen molar-refractivity contribution in [2.24, 2.45) is 11.8 Å². The minimum Gasteiger partial charge on any atom is -0.329 e. The van der Waals surface area contributed by atoms with Crippen LogP contribution in [0.2, 0.25) is 0 Å². The summed E-state index contributed by atoms with van der Waals surface area (Å²) in [7, 11) is 0. The lowest BCUT2D eigenvalue weighted by molar-refractivity contribution is -0.159. The third kappa shape index (κ3) is 5.84. The van der Waals surface area contributed by atoms with E-state index in [1.54, 1.807) is 28.5 Å². The molecule has 8 heteroatoms. The van der Waals surface area contributed by atoms with Gasteiger partial charge in [0, 0.05) is 26.2 Å². The van der Waals surface area contributed by atoms with Gasteiger partial charge in [0.1, 0.15) is 12.1 Å². The second kappa shape index (κ2) is 10.6. The van der Waals surface area contributed by atoms with Gasteiger partial charge in [0.2, 0.25) is 17.7 Å². The Bertz CT molecular complexity index is 693. The van der Waals surface area contributed by atoms with Crippen molar-refractivity contribution in [3.05, 3.63) is 0 Å². The van der Waals surface area contributed by atoms with Crippen molar-refractivity contribution in [2.75, 3.05) is 26.2 Å². The van der Waals surface area contributed by atoms with Crippen LogP contribution < -0.4 is 5.32 Å². The number of piperazine rings is 2. The van der Waals surface area contributed by atoms with Crippen molar-refractivity contribution < 1.29 is 19.2 Å². The molecule has 8 nitrogen and oxygen atoms in total. The molecule has 4 atom stereocenters. The number of hydrogen-bond donors (Lipinski definition) is 1. The van der Waals surface area contributed by atoms with Crippen molar-refractivity contribution in [1.82, 2.24) is 20.0 Å². The van der Waals surface area contributed by atoms with Gasteiger partial charge in [-0.15, -0.1) is 0 Å². The van der Waals surface area contributed by atoms with Crippen LogP contribution >= 0.6 is 0 Å². The lowest BCUT2D eigenvalue weighted by Gasteiger charge is -2.45. The summed E-state index contributed by atoms with van der Waals surface area (Å²) in [5.74, 6) is 0.125. The van der Waals surface area contributed by atoms with Crippen LogP contribution in [0, 0.1) is 11.8 Å². The topological polar surface area (TPSA) is 90.0 Å². The minimum absolute atomic E-state index is 0.0261. The predicted molar refractivity (Wildman–Crippen MR) is 119 cm³/mol. The number of carbonyl (C=O) groups excluding carboxylic acids is 4. The van der Waals surface area contributed by atoms with Crippen LogP contribution in [0.5, 0.6) is 0 Å². The van der Waals surface area contributed by atoms with E-state index in [1.807, 2.05) is 13.8 Å². The molecule has 0 aromatic heterocycles. The molecular weight excluding hydrogens is 396 g/mol. The lowest BCUT2D eigenvalue weighted by atomic mass is 9.95. The maximum atomic E-state index is 13.6. The highest BCUT2D eigenvalue weighted by Gasteiger charge is 2.43. The van der Waals surface area contributed by atoms with Gasteiger partial charge in [-0.05, 0) is 45.4 Å². The standard InChI is InChI=1S/C23H40N4O4/c1-14(2)12-19-22(30)27(9-8-24-19)20(13-15(3)4)23(31)26-11-10-25(16(5)18(7)28)21(29)17(26)6/h14-17,19-20,24H,8-13H2,1-7H3/t16-,17-,19-,20-/m0/s1. The molecule has 31 heavy (non-hydrogen) atoms. The Morgan fingerprint density at radius 2 is 1.61 bits per heavy atom. The van der Waals surface area contributed by atoms with Gasteiger partial charge in [-0.2, -0.15) is 0 Å². The zero-order chi connectivity index (χ0) is 23.5. The Morgan fingerprint density at radius 3 is 2.16 bits per heavy atom. The fourth-order valence-corrected chi connectivity index (χ4v) is 4.52. The largest absolute Gasteiger partial charge is 0.329 e. The first kappa shape index (κ1) is 25.3. The van der Waals surface area contributed by atoms with E-state index in [0.717, 1.165) is 6.42 Å². The molecule has 0 bridgehead atoms. The zero-order valence-electron chi connectivity index (χ0n) is 20.2. The molecule has 176 valence electrons. The Balaban J connectivity index is 2.22. The summed E-state index contributed by atoms with van der Waals surface area (Å²) >= 11 is 0. The number of hydrogen-bond acceptors (Lipinski definition) is 5. The molecule has 0 aromatic rings. The van der Waals surface area contributed by atoms with Crippen LogP contribution in [0.1, 0.15) is 61.3 Å². The highest BCUT2D eigenvalue weighted by atomic mass is 16.2. The van der Waals surface area contributed by atoms with E-state index >= 15 is 0 Å². The molecule has 0 saturated carbocycles. The molecular formula is C23H40N4O4. The van der Waals surface area contributed by atoms with E-state index < -0.39 is 18.1 Å². The normalized spacial score (nSPS) is 24.7. The summed E-state index contributed by atoms with van der Waals surface area (Å²) in [5.41, 5.74) is 0. The summed E-state index contributed by atoms with van der Waals surface area (Å²) in [6.07, 6.45) is 1.29. The molecule has 0 radical (unpaired) electrons. The summed E-state index contributed by atoms with van der Waals surface area (Å²) < 4.78 is 0. The molecule has 1 N–H and O–H groups in total. The van der Waals surface area contributed by atoms with Gasteiger partial charge in [0.15, 0.2) is 5.78 Å². The van der Waals surface area contributed by atoms with Crippen LogP contribution in [0.25, 0.3) is 0 Å². The molecule has 0 unspecified atom stereocenters. The molecule has 0 spiro atoms. The van der Waals surface area contributed by atoms with E-state index in [2.05, 4.69) is 19.2 Å². The van der Waals surface area contributed by atoms with Gasteiger partial charge in [0.25, 0.3) is 0 Å². The average molecular weight is 437 g/mol. The number of amides is 3. The van der Waals surface area contributed by atoms with E-state index in [9.17, 15) is 19.2 Å². The maximum absolute atomic E-state index is 13.6. The molecule has 2 rings (SSSR count). The molecule has 2 fully saturated rings. The van der Waals surface area contributed by atoms with Gasteiger partial charge in [0.05, 0.1) is 12.1 Å². The Kier molecular flexibility index (Phi) is 8.63. The smallest absolute Gasteiger partial charge is 0.246 e. The minimum atomic E-state index is -0.651. The lowest BCUT2D eigenvalue weighted by Crippen LogP contribution is -2.66. The van der Waals surface area contributed by atoms with Crippen LogP contribution in [0.3, 0.4) is 0 Å². The van der Waals surface area contributed by atoms with Crippen molar-refractivity contribution >= 4 is 23.5 Å². The number of nitrogens with zero attached hydrogens (tertiary/aromatic N) is 3. The van der Waals surface area contributed by atoms with Crippen molar-refractivity contribution in [1.29, 1.82) is 0 Å². The number of rotatable bonds is 8. The fourth-order valence-electron chi connectivity index (χ4n) is 4.52. The summed E-state index contributed by atoms with van der Waals surface area (Å²) in [6.45, 7) is 15.0. The second-order valence-corrected chi connectivity index (χ2v) is 9.84. The van der Waals surface area contributed by atoms with E-state index in [0.29, 0.717) is 38.5 Å². The molecule has 0 aliphatic carbocycles. The Labute approximate surface area is 186 Å². The van der Waals surface area contributed by atoms with Crippen LogP contribution in [-0.4, -0.2) is 88.6 Å². The molecule has 2 aliphatic heterocycles. The fraction of sp³-hybridized carbons (Fsp3) is 0.826. The number of ketones is 1. The predicted octanol–water partition coefficient (Wildman–Crippen LogP) is 1.28. The first-order chi connectivity index (χ1) is 14.5. The first-order valence-corrected chi connectivity index (χ1v) is 11.6. The molecule has 2 heterocycles. The zero-order valence-corrected chi connectivity index (χ0v) is 20.2. The van der Waals surface area contributed by atoms with Gasteiger partial charge >= 0.3 is 0 Å². The Morgan fingerprint density at radius 1 is 0.968 bits per heavy atom. The van der Waals surface area contributed by atoms with E-state index in [4.69, 9.17) is 0 Å². The first-order valence-electron chi connectivity index (χ1n) is 11.6. The monoisotopic (exact) mass is 436 g/mol. The quantitative estimate of drug-likeness (QED) is 0.619. The van der Waals surface area contributed by atoms with E-state index in [-0.39, 0.29) is 35.5 Å². The van der Waals surface area contributed by atoms with Crippen molar-refractivity contribution in [3.63, 3.8) is 0 Å². The molecule has 0 aromatic carbocycles. The number of nitrogens with one attached hydrogen (secondary N) is 1. The van der Waals surface area contributed by atoms with Crippen molar-refractivity contribution in [3.8, 4) is 0 Å². The van der Waals surface area contributed by atoms with Crippen LogP contribution in [-0.2, 0) is 19.2 Å². The van der Waals surface area contributed by atoms with Crippen LogP contribution in [0.4, 0.5) is 0 Å². The van der Waals surface area contributed by atoms with Gasteiger partial charge in [-0.1, -0.05) is 27.7 Å². The van der Waals surface area contributed by atoms with Gasteiger partial charge in [-0.25, -0.2) is 0 Å². The second-order valence-electron chi connectivity index (χ2n) is 9.84. The molecule has 2 saturated heterocycles. The summed E-state index contributed by atoms with van der Waals surface area (Å²) in [4.78, 5) is 56.5. The van der Waals surface area contributed by atoms with E-state index in [1.165, 1.54) is 6.92 Å². The third-order valence-electron chi connectivity index (χ3n) is 6.42. The number of carbonyl (C=O) groups is 4. The average Bonchev–Trinajstić information content (AvgIpc) is 2.68. The Hall–Kier alpha value is -1.96. The molecule has 3 amide bonds. The summed E-state index contributed by atoms with van der Waals surface area (Å²) in [5, 5.41) is 3.29. The van der Waals surface area contributed by atoms with Crippen molar-refractivity contribution in [2.45, 2.75) is 85.5 Å². The maximum Gasteiger partial charge on any atom is 0.246 e. The highest BCUT2D eigenvalue weighted by molar-refractivity contribution is 5.95. The third-order valence-corrected chi connectivity index (χ3v) is 6.42. The number of Topliss-reactive ketones (excluding diaryl/α,β-unsaturated/α-hetero) is 1. The molecule has 2 aliphatic rings. The highest BCUT2D eigenvalue weighted by Crippen LogP contribution is 2.23.